The van der Waals surface area contributed by atoms with E-state index >= 15 is 0 Å². The Bertz CT molecular complexity index is 545. The molecule has 4 atom stereocenters. The maximum Gasteiger partial charge on any atom is 0.251 e. The summed E-state index contributed by atoms with van der Waals surface area (Å²) >= 11 is 0. The highest BCUT2D eigenvalue weighted by Crippen LogP contribution is 2.43. The molecular formula is C16H21NO4. The molecule has 5 nitrogen and oxygen atoms in total. The molecule has 2 aliphatic rings. The summed E-state index contributed by atoms with van der Waals surface area (Å²) in [6.07, 6.45) is 1.19. The van der Waals surface area contributed by atoms with E-state index in [2.05, 4.69) is 5.32 Å². The predicted molar refractivity (Wildman–Crippen MR) is 77.3 cm³/mol. The lowest BCUT2D eigenvalue weighted by molar-refractivity contribution is -0.0809. The number of benzene rings is 1. The lowest BCUT2D eigenvalue weighted by Crippen LogP contribution is -2.62. The summed E-state index contributed by atoms with van der Waals surface area (Å²) in [6.45, 7) is 3.15. The first kappa shape index (κ1) is 14.4. The molecule has 0 aromatic heterocycles. The van der Waals surface area contributed by atoms with E-state index in [0.717, 1.165) is 18.6 Å². The second-order valence-electron chi connectivity index (χ2n) is 5.91. The third-order valence-electron chi connectivity index (χ3n) is 4.66. The highest BCUT2D eigenvalue weighted by atomic mass is 16.5. The maximum absolute atomic E-state index is 12.3. The van der Waals surface area contributed by atoms with Crippen LogP contribution in [-0.4, -0.2) is 43.5 Å². The molecule has 3 rings (SSSR count). The number of ether oxygens (including phenoxy) is 2. The Hall–Kier alpha value is -1.59. The van der Waals surface area contributed by atoms with E-state index in [1.807, 2.05) is 0 Å². The smallest absolute Gasteiger partial charge is 0.251 e. The van der Waals surface area contributed by atoms with Crippen molar-refractivity contribution in [2.75, 3.05) is 20.3 Å². The average Bonchev–Trinajstić information content (AvgIpc) is 2.89. The molecule has 0 radical (unpaired) electrons. The van der Waals surface area contributed by atoms with E-state index in [9.17, 15) is 9.90 Å². The van der Waals surface area contributed by atoms with Crippen molar-refractivity contribution in [3.05, 3.63) is 29.3 Å². The van der Waals surface area contributed by atoms with Crippen molar-refractivity contribution in [3.8, 4) is 5.75 Å². The molecule has 114 valence electrons. The van der Waals surface area contributed by atoms with Crippen LogP contribution in [0.2, 0.25) is 0 Å². The Balaban J connectivity index is 1.70. The molecule has 5 heteroatoms. The van der Waals surface area contributed by atoms with E-state index < -0.39 is 0 Å². The van der Waals surface area contributed by atoms with Crippen molar-refractivity contribution in [1.82, 2.24) is 5.32 Å². The molecule has 1 aromatic rings. The van der Waals surface area contributed by atoms with Gasteiger partial charge in [0.2, 0.25) is 0 Å². The summed E-state index contributed by atoms with van der Waals surface area (Å²) in [7, 11) is 1.67. The van der Waals surface area contributed by atoms with Crippen molar-refractivity contribution in [1.29, 1.82) is 0 Å². The molecule has 1 heterocycles. The van der Waals surface area contributed by atoms with Gasteiger partial charge >= 0.3 is 0 Å². The third kappa shape index (κ3) is 2.51. The number of phenolic OH excluding ortho intramolecular Hbond substituents is 1. The molecule has 1 amide bonds. The Kier molecular flexibility index (Phi) is 3.87. The summed E-state index contributed by atoms with van der Waals surface area (Å²) in [6, 6.07) is 5.08. The van der Waals surface area contributed by atoms with Gasteiger partial charge in [0, 0.05) is 37.2 Å². The van der Waals surface area contributed by atoms with Gasteiger partial charge in [-0.05, 0) is 31.0 Å². The second-order valence-corrected chi connectivity index (χ2v) is 5.91. The first-order chi connectivity index (χ1) is 10.1. The average molecular weight is 291 g/mol. The number of aromatic hydroxyl groups is 1. The number of phenols is 1. The van der Waals surface area contributed by atoms with Gasteiger partial charge < -0.3 is 19.9 Å². The number of fused-ring (bicyclic) bond motifs is 1. The van der Waals surface area contributed by atoms with Crippen LogP contribution >= 0.6 is 0 Å². The zero-order chi connectivity index (χ0) is 15.0. The SMILES string of the molecule is COC[C@@H]1[C@H](NC(=O)c2ccc(C)c(O)c2)[C@H]2CCO[C@H]21. The van der Waals surface area contributed by atoms with Gasteiger partial charge in [-0.3, -0.25) is 4.79 Å². The quantitative estimate of drug-likeness (QED) is 0.882. The van der Waals surface area contributed by atoms with Gasteiger partial charge in [-0.1, -0.05) is 6.07 Å². The fourth-order valence-electron chi connectivity index (χ4n) is 3.42. The summed E-state index contributed by atoms with van der Waals surface area (Å²) in [5, 5.41) is 12.8. The number of hydrogen-bond donors (Lipinski definition) is 2. The fourth-order valence-corrected chi connectivity index (χ4v) is 3.42. The molecular weight excluding hydrogens is 270 g/mol. The number of hydrogen-bond acceptors (Lipinski definition) is 4. The van der Waals surface area contributed by atoms with Crippen molar-refractivity contribution in [2.24, 2.45) is 11.8 Å². The minimum absolute atomic E-state index is 0.0911. The standard InChI is InChI=1S/C16H21NO4/c1-9-3-4-10(7-13(9)18)16(19)17-14-11-5-6-21-15(11)12(14)8-20-2/h3-4,7,11-12,14-15,18H,5-6,8H2,1-2H3,(H,17,19)/t11-,12-,14-,15-/m1/s1. The molecule has 2 N–H and O–H groups in total. The van der Waals surface area contributed by atoms with Crippen molar-refractivity contribution >= 4 is 5.91 Å². The largest absolute Gasteiger partial charge is 0.508 e. The molecule has 21 heavy (non-hydrogen) atoms. The fraction of sp³-hybridized carbons (Fsp3) is 0.562. The zero-order valence-corrected chi connectivity index (χ0v) is 12.3. The second kappa shape index (κ2) is 5.66. The van der Waals surface area contributed by atoms with Crippen LogP contribution in [0.15, 0.2) is 18.2 Å². The highest BCUT2D eigenvalue weighted by Gasteiger charge is 2.54. The molecule has 0 bridgehead atoms. The van der Waals surface area contributed by atoms with Gasteiger partial charge in [-0.15, -0.1) is 0 Å². The van der Waals surface area contributed by atoms with Gasteiger partial charge in [0.1, 0.15) is 5.75 Å². The van der Waals surface area contributed by atoms with Crippen molar-refractivity contribution in [2.45, 2.75) is 25.5 Å². The van der Waals surface area contributed by atoms with Crippen LogP contribution in [0.5, 0.6) is 5.75 Å². The van der Waals surface area contributed by atoms with Crippen LogP contribution in [-0.2, 0) is 9.47 Å². The summed E-state index contributed by atoms with van der Waals surface area (Å²) in [4.78, 5) is 12.3. The Morgan fingerprint density at radius 1 is 1.52 bits per heavy atom. The lowest BCUT2D eigenvalue weighted by Gasteiger charge is -2.47. The van der Waals surface area contributed by atoms with Gasteiger partial charge in [0.05, 0.1) is 12.7 Å². The molecule has 1 aliphatic heterocycles. The highest BCUT2D eigenvalue weighted by molar-refractivity contribution is 5.95. The summed E-state index contributed by atoms with van der Waals surface area (Å²) < 4.78 is 10.9. The first-order valence-electron chi connectivity index (χ1n) is 7.33. The molecule has 1 aliphatic carbocycles. The molecule has 0 spiro atoms. The Morgan fingerprint density at radius 3 is 3.05 bits per heavy atom. The summed E-state index contributed by atoms with van der Waals surface area (Å²) in [5.74, 6) is 0.590. The van der Waals surface area contributed by atoms with Crippen molar-refractivity contribution < 1.29 is 19.4 Å². The first-order valence-corrected chi connectivity index (χ1v) is 7.33. The maximum atomic E-state index is 12.3. The number of carbonyl (C=O) groups is 1. The molecule has 2 fully saturated rings. The normalized spacial score (nSPS) is 30.6. The number of rotatable bonds is 4. The van der Waals surface area contributed by atoms with Crippen LogP contribution in [0, 0.1) is 18.8 Å². The van der Waals surface area contributed by atoms with E-state index in [-0.39, 0.29) is 29.7 Å². The van der Waals surface area contributed by atoms with Crippen LogP contribution in [0.1, 0.15) is 22.3 Å². The number of carbonyl (C=O) groups excluding carboxylic acids is 1. The summed E-state index contributed by atoms with van der Waals surface area (Å²) in [5.41, 5.74) is 1.24. The third-order valence-corrected chi connectivity index (χ3v) is 4.66. The van der Waals surface area contributed by atoms with Gasteiger partial charge in [0.15, 0.2) is 0 Å². The van der Waals surface area contributed by atoms with E-state index in [0.29, 0.717) is 18.1 Å². The number of nitrogens with one attached hydrogen (secondary N) is 1. The molecule has 1 saturated heterocycles. The van der Waals surface area contributed by atoms with Gasteiger partial charge in [0.25, 0.3) is 5.91 Å². The minimum Gasteiger partial charge on any atom is -0.508 e. The van der Waals surface area contributed by atoms with Crippen molar-refractivity contribution in [3.63, 3.8) is 0 Å². The van der Waals surface area contributed by atoms with E-state index in [4.69, 9.17) is 9.47 Å². The Labute approximate surface area is 124 Å². The monoisotopic (exact) mass is 291 g/mol. The topological polar surface area (TPSA) is 67.8 Å². The zero-order valence-electron chi connectivity index (χ0n) is 12.3. The van der Waals surface area contributed by atoms with E-state index in [1.54, 1.807) is 26.2 Å². The molecule has 1 aromatic carbocycles. The van der Waals surface area contributed by atoms with Gasteiger partial charge in [-0.25, -0.2) is 0 Å². The van der Waals surface area contributed by atoms with Crippen LogP contribution < -0.4 is 5.32 Å². The Morgan fingerprint density at radius 2 is 2.33 bits per heavy atom. The lowest BCUT2D eigenvalue weighted by atomic mass is 9.67. The van der Waals surface area contributed by atoms with Crippen LogP contribution in [0.25, 0.3) is 0 Å². The number of amides is 1. The minimum atomic E-state index is -0.151. The van der Waals surface area contributed by atoms with Gasteiger partial charge in [-0.2, -0.15) is 0 Å². The van der Waals surface area contributed by atoms with Crippen LogP contribution in [0.4, 0.5) is 0 Å². The molecule has 0 unspecified atom stereocenters. The van der Waals surface area contributed by atoms with E-state index in [1.165, 1.54) is 6.07 Å². The van der Waals surface area contributed by atoms with Crippen LogP contribution in [0.3, 0.4) is 0 Å². The number of aryl methyl sites for hydroxylation is 1. The predicted octanol–water partition coefficient (Wildman–Crippen LogP) is 1.48. The number of methoxy groups -OCH3 is 1. The molecule has 1 saturated carbocycles.